The van der Waals surface area contributed by atoms with Crippen molar-refractivity contribution in [2.75, 3.05) is 0 Å². The van der Waals surface area contributed by atoms with Gasteiger partial charge in [0.2, 0.25) is 5.78 Å². The number of halogens is 4. The van der Waals surface area contributed by atoms with Crippen LogP contribution in [0.15, 0.2) is 0 Å². The first-order valence-corrected chi connectivity index (χ1v) is 5.33. The molecule has 0 aliphatic carbocycles. The molecule has 1 rings (SSSR count). The SMILES string of the molecule is CCc1nn(C)c(CC(=O)C(F)(F)Cl)c1Cl. The van der Waals surface area contributed by atoms with Gasteiger partial charge in [-0.15, -0.1) is 0 Å². The summed E-state index contributed by atoms with van der Waals surface area (Å²) in [6.45, 7) is 1.83. The molecule has 7 heteroatoms. The zero-order valence-corrected chi connectivity index (χ0v) is 10.2. The lowest BCUT2D eigenvalue weighted by Crippen LogP contribution is -2.24. The molecule has 1 heterocycles. The number of carbonyl (C=O) groups is 1. The predicted molar refractivity (Wildman–Crippen MR) is 57.1 cm³/mol. The lowest BCUT2D eigenvalue weighted by molar-refractivity contribution is -0.132. The van der Waals surface area contributed by atoms with Crippen LogP contribution in [0.4, 0.5) is 8.78 Å². The summed E-state index contributed by atoms with van der Waals surface area (Å²) in [6, 6.07) is 0. The maximum atomic E-state index is 12.5. The lowest BCUT2D eigenvalue weighted by Gasteiger charge is -2.06. The van der Waals surface area contributed by atoms with Crippen LogP contribution in [0.5, 0.6) is 0 Å². The van der Waals surface area contributed by atoms with Crippen molar-refractivity contribution < 1.29 is 13.6 Å². The van der Waals surface area contributed by atoms with Gasteiger partial charge < -0.3 is 0 Å². The van der Waals surface area contributed by atoms with Gasteiger partial charge in [0.05, 0.1) is 22.8 Å². The molecule has 3 nitrogen and oxygen atoms in total. The molecular weight excluding hydrogens is 261 g/mol. The van der Waals surface area contributed by atoms with E-state index in [1.165, 1.54) is 4.68 Å². The normalized spacial score (nSPS) is 11.9. The third-order valence-electron chi connectivity index (χ3n) is 2.15. The second kappa shape index (κ2) is 4.67. The van der Waals surface area contributed by atoms with Crippen LogP contribution in [-0.2, 0) is 24.7 Å². The van der Waals surface area contributed by atoms with Crippen LogP contribution in [0.2, 0.25) is 5.02 Å². The molecule has 1 aromatic heterocycles. The summed E-state index contributed by atoms with van der Waals surface area (Å²) in [7, 11) is 1.54. The Hall–Kier alpha value is -0.680. The van der Waals surface area contributed by atoms with Gasteiger partial charge in [0, 0.05) is 7.05 Å². The fourth-order valence-corrected chi connectivity index (χ4v) is 1.69. The molecule has 0 bridgehead atoms. The zero-order valence-electron chi connectivity index (χ0n) is 8.73. The van der Waals surface area contributed by atoms with Crippen molar-refractivity contribution in [2.45, 2.75) is 25.1 Å². The van der Waals surface area contributed by atoms with E-state index in [1.807, 2.05) is 6.92 Å². The maximum absolute atomic E-state index is 12.5. The first-order chi connectivity index (χ1) is 7.27. The van der Waals surface area contributed by atoms with Crippen LogP contribution in [0, 0.1) is 0 Å². The number of ketones is 1. The minimum Gasteiger partial charge on any atom is -0.291 e. The van der Waals surface area contributed by atoms with E-state index in [9.17, 15) is 13.6 Å². The Balaban J connectivity index is 2.98. The van der Waals surface area contributed by atoms with Crippen LogP contribution in [0.25, 0.3) is 0 Å². The number of alkyl halides is 3. The monoisotopic (exact) mass is 270 g/mol. The molecule has 0 atom stereocenters. The Bertz CT molecular complexity index is 412. The second-order valence-corrected chi connectivity index (χ2v) is 4.13. The molecule has 16 heavy (non-hydrogen) atoms. The number of aromatic nitrogens is 2. The first-order valence-electron chi connectivity index (χ1n) is 4.57. The average molecular weight is 271 g/mol. The van der Waals surface area contributed by atoms with E-state index in [0.717, 1.165) is 0 Å². The Morgan fingerprint density at radius 3 is 2.50 bits per heavy atom. The summed E-state index contributed by atoms with van der Waals surface area (Å²) in [6.07, 6.45) is 0.0387. The molecule has 1 aromatic rings. The average Bonchev–Trinajstić information content (AvgIpc) is 2.43. The summed E-state index contributed by atoms with van der Waals surface area (Å²) in [5.74, 6) is -1.39. The Morgan fingerprint density at radius 1 is 1.56 bits per heavy atom. The van der Waals surface area contributed by atoms with Crippen molar-refractivity contribution in [2.24, 2.45) is 7.05 Å². The van der Waals surface area contributed by atoms with Crippen LogP contribution in [-0.4, -0.2) is 20.9 Å². The van der Waals surface area contributed by atoms with Crippen LogP contribution in [0.3, 0.4) is 0 Å². The quantitative estimate of drug-likeness (QED) is 0.789. The summed E-state index contributed by atoms with van der Waals surface area (Å²) in [5, 5.41) is 0.396. The first kappa shape index (κ1) is 13.4. The number of hydrogen-bond donors (Lipinski definition) is 0. The number of carbonyl (C=O) groups excluding carboxylic acids is 1. The summed E-state index contributed by atoms with van der Waals surface area (Å²) in [5.41, 5.74) is 0.827. The van der Waals surface area contributed by atoms with E-state index in [-0.39, 0.29) is 10.7 Å². The molecule has 90 valence electrons. The van der Waals surface area contributed by atoms with Crippen molar-refractivity contribution in [1.29, 1.82) is 0 Å². The molecular formula is C9H10Cl2F2N2O. The van der Waals surface area contributed by atoms with Crippen LogP contribution < -0.4 is 0 Å². The molecule has 0 unspecified atom stereocenters. The van der Waals surface area contributed by atoms with Gasteiger partial charge in [-0.25, -0.2) is 0 Å². The highest BCUT2D eigenvalue weighted by atomic mass is 35.5. The van der Waals surface area contributed by atoms with Gasteiger partial charge >= 0.3 is 5.38 Å². The highest BCUT2D eigenvalue weighted by Crippen LogP contribution is 2.26. The largest absolute Gasteiger partial charge is 0.380 e. The Morgan fingerprint density at radius 2 is 2.12 bits per heavy atom. The predicted octanol–water partition coefficient (Wildman–Crippen LogP) is 2.58. The van der Waals surface area contributed by atoms with Gasteiger partial charge in [0.15, 0.2) is 0 Å². The number of hydrogen-bond acceptors (Lipinski definition) is 2. The molecule has 0 amide bonds. The fourth-order valence-electron chi connectivity index (χ4n) is 1.26. The molecule has 0 aliphatic heterocycles. The van der Waals surface area contributed by atoms with E-state index >= 15 is 0 Å². The molecule has 0 N–H and O–H groups in total. The molecule has 0 aromatic carbocycles. The molecule has 0 fully saturated rings. The highest BCUT2D eigenvalue weighted by molar-refractivity contribution is 6.34. The molecule has 0 radical (unpaired) electrons. The molecule has 0 saturated heterocycles. The van der Waals surface area contributed by atoms with Crippen molar-refractivity contribution in [3.63, 3.8) is 0 Å². The van der Waals surface area contributed by atoms with E-state index in [4.69, 9.17) is 11.6 Å². The van der Waals surface area contributed by atoms with Gasteiger partial charge in [-0.1, -0.05) is 18.5 Å². The summed E-state index contributed by atoms with van der Waals surface area (Å²) >= 11 is 10.5. The fraction of sp³-hybridized carbons (Fsp3) is 0.556. The van der Waals surface area contributed by atoms with Crippen molar-refractivity contribution in [3.05, 3.63) is 16.4 Å². The smallest absolute Gasteiger partial charge is 0.291 e. The van der Waals surface area contributed by atoms with E-state index in [2.05, 4.69) is 16.7 Å². The van der Waals surface area contributed by atoms with E-state index in [1.54, 1.807) is 7.05 Å². The highest BCUT2D eigenvalue weighted by Gasteiger charge is 2.36. The summed E-state index contributed by atoms with van der Waals surface area (Å²) < 4.78 is 26.3. The standard InChI is InChI=1S/C9H10Cl2F2N2O/c1-3-5-8(10)6(15(2)14-5)4-7(16)9(11,12)13/h3-4H2,1-2H3. The Labute approximate surface area is 101 Å². The van der Waals surface area contributed by atoms with Crippen LogP contribution >= 0.6 is 23.2 Å². The van der Waals surface area contributed by atoms with E-state index < -0.39 is 17.6 Å². The molecule has 0 spiro atoms. The lowest BCUT2D eigenvalue weighted by atomic mass is 10.2. The van der Waals surface area contributed by atoms with Crippen LogP contribution in [0.1, 0.15) is 18.3 Å². The van der Waals surface area contributed by atoms with Crippen molar-refractivity contribution in [1.82, 2.24) is 9.78 Å². The van der Waals surface area contributed by atoms with Gasteiger partial charge in [-0.3, -0.25) is 9.48 Å². The number of nitrogens with zero attached hydrogens (tertiary/aromatic N) is 2. The van der Waals surface area contributed by atoms with E-state index in [0.29, 0.717) is 12.1 Å². The topological polar surface area (TPSA) is 34.9 Å². The minimum absolute atomic E-state index is 0.249. The minimum atomic E-state index is -3.86. The van der Waals surface area contributed by atoms with Crippen molar-refractivity contribution in [3.8, 4) is 0 Å². The maximum Gasteiger partial charge on any atom is 0.380 e. The second-order valence-electron chi connectivity index (χ2n) is 3.28. The third-order valence-corrected chi connectivity index (χ3v) is 2.79. The molecule has 0 aliphatic rings. The number of aryl methyl sites for hydroxylation is 2. The molecule has 0 saturated carbocycles. The number of rotatable bonds is 4. The van der Waals surface area contributed by atoms with Gasteiger partial charge in [0.1, 0.15) is 0 Å². The Kier molecular flexibility index (Phi) is 3.91. The zero-order chi connectivity index (χ0) is 12.5. The summed E-state index contributed by atoms with van der Waals surface area (Å²) in [4.78, 5) is 11.1. The van der Waals surface area contributed by atoms with Gasteiger partial charge in [-0.05, 0) is 18.0 Å². The van der Waals surface area contributed by atoms with Crippen molar-refractivity contribution >= 4 is 29.0 Å². The van der Waals surface area contributed by atoms with Gasteiger partial charge in [0.25, 0.3) is 0 Å². The third kappa shape index (κ3) is 2.71. The van der Waals surface area contributed by atoms with Gasteiger partial charge in [-0.2, -0.15) is 13.9 Å². The number of Topliss-reactive ketones (excluding diaryl/α,β-unsaturated/α-hetero) is 1.